The maximum absolute atomic E-state index is 5.87. The van der Waals surface area contributed by atoms with Gasteiger partial charge in [-0.3, -0.25) is 0 Å². The standard InChI is InChI=1S/C43H34N2O.C19H18O/c1-32-10-8-9-29-45(40-11-4-2-5-12-40)43-28-23-37(30-42(32)43)36-19-17-34(18-20-36)35-21-26-39(27-22-35)44-38-24-15-33(16-25-38)31-46-41-13-6-3-7-14-41;1-3-7-14(8-4-2)15-11-12-19-17(13-15)16-9-5-6-10-18(16)20-19/h2-30,44H,1,31H2;3-6,8-14H,1,7H2,2H3/b10-8-,29-9-;8-4-. The molecule has 0 amide bonds. The molecule has 4 nitrogen and oxygen atoms in total. The van der Waals surface area contributed by atoms with Crippen LogP contribution in [0, 0.1) is 0 Å². The molecule has 322 valence electrons. The zero-order valence-corrected chi connectivity index (χ0v) is 37.2. The van der Waals surface area contributed by atoms with E-state index in [2.05, 4.69) is 206 Å². The number of hydrogen-bond acceptors (Lipinski definition) is 4. The Morgan fingerprint density at radius 2 is 1.24 bits per heavy atom. The summed E-state index contributed by atoms with van der Waals surface area (Å²) in [7, 11) is 0. The average Bonchev–Trinajstić information content (AvgIpc) is 3.75. The first-order valence-corrected chi connectivity index (χ1v) is 22.4. The molecule has 9 aromatic rings. The zero-order valence-electron chi connectivity index (χ0n) is 37.2. The molecule has 66 heavy (non-hydrogen) atoms. The molecule has 0 saturated carbocycles. The molecule has 4 heteroatoms. The summed E-state index contributed by atoms with van der Waals surface area (Å²) in [5, 5.41) is 5.88. The summed E-state index contributed by atoms with van der Waals surface area (Å²) < 4.78 is 11.7. The normalized spacial score (nSPS) is 13.5. The van der Waals surface area contributed by atoms with Gasteiger partial charge in [0.15, 0.2) is 0 Å². The number of hydrogen-bond donors (Lipinski definition) is 1. The van der Waals surface area contributed by atoms with Crippen molar-refractivity contribution in [2.24, 2.45) is 0 Å². The van der Waals surface area contributed by atoms with Gasteiger partial charge < -0.3 is 19.4 Å². The van der Waals surface area contributed by atoms with Gasteiger partial charge in [-0.1, -0.05) is 152 Å². The Bertz CT molecular complexity index is 3160. The van der Waals surface area contributed by atoms with E-state index in [0.717, 1.165) is 68.3 Å². The predicted molar refractivity (Wildman–Crippen MR) is 280 cm³/mol. The summed E-state index contributed by atoms with van der Waals surface area (Å²) >= 11 is 0. The number of anilines is 4. The zero-order chi connectivity index (χ0) is 45.1. The molecule has 0 aliphatic carbocycles. The van der Waals surface area contributed by atoms with Crippen LogP contribution in [0.2, 0.25) is 0 Å². The number of allylic oxidation sites excluding steroid dienone is 7. The van der Waals surface area contributed by atoms with Crippen molar-refractivity contribution >= 4 is 50.3 Å². The van der Waals surface area contributed by atoms with Crippen LogP contribution >= 0.6 is 0 Å². The summed E-state index contributed by atoms with van der Waals surface area (Å²) in [5.41, 5.74) is 15.4. The highest BCUT2D eigenvalue weighted by Gasteiger charge is 2.16. The third-order valence-corrected chi connectivity index (χ3v) is 11.8. The number of furan rings is 1. The predicted octanol–water partition coefficient (Wildman–Crippen LogP) is 17.4. The van der Waals surface area contributed by atoms with Gasteiger partial charge in [0, 0.05) is 45.5 Å². The summed E-state index contributed by atoms with van der Waals surface area (Å²) in [6, 6.07) is 67.3. The Hall–Kier alpha value is -8.34. The number of nitrogens with one attached hydrogen (secondary N) is 1. The third-order valence-electron chi connectivity index (χ3n) is 11.8. The van der Waals surface area contributed by atoms with Gasteiger partial charge in [0.2, 0.25) is 0 Å². The fourth-order valence-electron chi connectivity index (χ4n) is 8.32. The van der Waals surface area contributed by atoms with E-state index < -0.39 is 0 Å². The first-order chi connectivity index (χ1) is 32.5. The van der Waals surface area contributed by atoms with Gasteiger partial charge in [-0.15, -0.1) is 6.58 Å². The number of benzene rings is 8. The lowest BCUT2D eigenvalue weighted by Gasteiger charge is -2.25. The van der Waals surface area contributed by atoms with Gasteiger partial charge in [-0.2, -0.15) is 0 Å². The van der Waals surface area contributed by atoms with Crippen LogP contribution in [0.25, 0.3) is 49.8 Å². The molecule has 1 atom stereocenters. The van der Waals surface area contributed by atoms with Gasteiger partial charge in [-0.05, 0) is 137 Å². The van der Waals surface area contributed by atoms with E-state index in [0.29, 0.717) is 12.5 Å². The molecule has 0 radical (unpaired) electrons. The second kappa shape index (κ2) is 20.4. The fourth-order valence-corrected chi connectivity index (χ4v) is 8.32. The van der Waals surface area contributed by atoms with Crippen molar-refractivity contribution in [2.45, 2.75) is 25.9 Å². The molecule has 0 fully saturated rings. The molecule has 1 aliphatic heterocycles. The molecular weight excluding hydrogens is 805 g/mol. The highest BCUT2D eigenvalue weighted by Crippen LogP contribution is 2.38. The van der Waals surface area contributed by atoms with E-state index in [1.807, 2.05) is 60.7 Å². The lowest BCUT2D eigenvalue weighted by Crippen LogP contribution is -2.11. The van der Waals surface area contributed by atoms with Gasteiger partial charge in [0.05, 0.1) is 5.69 Å². The maximum atomic E-state index is 5.87. The second-order valence-corrected chi connectivity index (χ2v) is 16.3. The van der Waals surface area contributed by atoms with E-state index >= 15 is 0 Å². The number of nitrogens with zero attached hydrogens (tertiary/aromatic N) is 1. The van der Waals surface area contributed by atoms with Crippen molar-refractivity contribution in [1.29, 1.82) is 0 Å². The van der Waals surface area contributed by atoms with E-state index in [9.17, 15) is 0 Å². The molecule has 10 rings (SSSR count). The molecule has 1 unspecified atom stereocenters. The molecule has 8 aromatic carbocycles. The van der Waals surface area contributed by atoms with Gasteiger partial charge in [-0.25, -0.2) is 0 Å². The lowest BCUT2D eigenvalue weighted by atomic mass is 9.94. The molecule has 0 saturated heterocycles. The van der Waals surface area contributed by atoms with Crippen LogP contribution < -0.4 is 15.0 Å². The van der Waals surface area contributed by atoms with Crippen molar-refractivity contribution < 1.29 is 9.15 Å². The molecule has 1 aromatic heterocycles. The van der Waals surface area contributed by atoms with Crippen LogP contribution in [-0.2, 0) is 6.61 Å². The van der Waals surface area contributed by atoms with E-state index in [-0.39, 0.29) is 0 Å². The maximum Gasteiger partial charge on any atom is 0.135 e. The first-order valence-electron chi connectivity index (χ1n) is 22.4. The molecule has 1 aliphatic rings. The lowest BCUT2D eigenvalue weighted by molar-refractivity contribution is 0.306. The quantitative estimate of drug-likeness (QED) is 0.124. The third kappa shape index (κ3) is 10.0. The van der Waals surface area contributed by atoms with Crippen molar-refractivity contribution in [2.75, 3.05) is 10.2 Å². The smallest absolute Gasteiger partial charge is 0.135 e. The summed E-state index contributed by atoms with van der Waals surface area (Å²) in [6.07, 6.45) is 15.5. The van der Waals surface area contributed by atoms with Crippen LogP contribution in [0.4, 0.5) is 22.7 Å². The summed E-state index contributed by atoms with van der Waals surface area (Å²) in [4.78, 5) is 2.21. The number of ether oxygens (including phenoxy) is 1. The Morgan fingerprint density at radius 3 is 1.95 bits per heavy atom. The number of rotatable bonds is 12. The van der Waals surface area contributed by atoms with Crippen LogP contribution in [0.15, 0.2) is 254 Å². The first kappa shape index (κ1) is 42.9. The van der Waals surface area contributed by atoms with Crippen molar-refractivity contribution in [3.8, 4) is 28.0 Å². The SMILES string of the molecule is C=C1/C=C\C=C/N(c2ccccc2)c2ccc(-c3ccc(-c4ccc(Nc5ccc(COc6ccccc6)cc5)cc4)cc3)cc21.C=CCC(/C=C\C)c1ccc2oc3ccccc3c2c1. The van der Waals surface area contributed by atoms with E-state index in [1.165, 1.54) is 33.0 Å². The number of para-hydroxylation sites is 3. The van der Waals surface area contributed by atoms with Crippen LogP contribution in [-0.4, -0.2) is 0 Å². The Labute approximate surface area is 388 Å². The Kier molecular flexibility index (Phi) is 13.3. The highest BCUT2D eigenvalue weighted by atomic mass is 16.5. The largest absolute Gasteiger partial charge is 0.489 e. The minimum Gasteiger partial charge on any atom is -0.489 e. The van der Waals surface area contributed by atoms with Crippen molar-refractivity contribution in [3.05, 3.63) is 267 Å². The minimum atomic E-state index is 0.385. The van der Waals surface area contributed by atoms with E-state index in [1.54, 1.807) is 0 Å². The molecule has 0 bridgehead atoms. The van der Waals surface area contributed by atoms with Gasteiger partial charge in [0.25, 0.3) is 0 Å². The molecular formula is C62H52N2O2. The fraction of sp³-hybridized carbons (Fsp3) is 0.0645. The second-order valence-electron chi connectivity index (χ2n) is 16.3. The van der Waals surface area contributed by atoms with Gasteiger partial charge in [0.1, 0.15) is 23.5 Å². The average molecular weight is 857 g/mol. The van der Waals surface area contributed by atoms with Crippen molar-refractivity contribution in [3.63, 3.8) is 0 Å². The summed E-state index contributed by atoms with van der Waals surface area (Å²) in [6.45, 7) is 10.8. The monoisotopic (exact) mass is 856 g/mol. The van der Waals surface area contributed by atoms with Crippen LogP contribution in [0.1, 0.15) is 36.0 Å². The van der Waals surface area contributed by atoms with Gasteiger partial charge >= 0.3 is 0 Å². The Morgan fingerprint density at radius 1 is 0.621 bits per heavy atom. The molecule has 1 N–H and O–H groups in total. The summed E-state index contributed by atoms with van der Waals surface area (Å²) in [5.74, 6) is 1.26. The van der Waals surface area contributed by atoms with Crippen LogP contribution in [0.3, 0.4) is 0 Å². The molecule has 0 spiro atoms. The molecule has 2 heterocycles. The van der Waals surface area contributed by atoms with Crippen LogP contribution in [0.5, 0.6) is 5.75 Å². The minimum absolute atomic E-state index is 0.385. The Balaban J connectivity index is 0.000000228. The number of fused-ring (bicyclic) bond motifs is 4. The topological polar surface area (TPSA) is 37.6 Å². The van der Waals surface area contributed by atoms with Crippen molar-refractivity contribution in [1.82, 2.24) is 0 Å². The van der Waals surface area contributed by atoms with E-state index in [4.69, 9.17) is 9.15 Å². The highest BCUT2D eigenvalue weighted by molar-refractivity contribution is 6.05.